The van der Waals surface area contributed by atoms with Crippen LogP contribution in [0.4, 0.5) is 0 Å². The lowest BCUT2D eigenvalue weighted by Crippen LogP contribution is -2.37. The van der Waals surface area contributed by atoms with Gasteiger partial charge in [0, 0.05) is 24.2 Å². The molecule has 0 aliphatic heterocycles. The highest BCUT2D eigenvalue weighted by molar-refractivity contribution is 7.09. The van der Waals surface area contributed by atoms with Crippen LogP contribution >= 0.6 is 11.3 Å². The van der Waals surface area contributed by atoms with E-state index >= 15 is 0 Å². The van der Waals surface area contributed by atoms with Gasteiger partial charge < -0.3 is 5.32 Å². The molecule has 1 aliphatic carbocycles. The molecule has 3 heteroatoms. The first-order valence-electron chi connectivity index (χ1n) is 5.30. The molecule has 0 aromatic carbocycles. The molecule has 1 unspecified atom stereocenters. The number of hydrogen-bond acceptors (Lipinski definition) is 3. The monoisotopic (exact) mass is 210 g/mol. The highest BCUT2D eigenvalue weighted by Crippen LogP contribution is 2.37. The fourth-order valence-corrected chi connectivity index (χ4v) is 2.82. The molecule has 78 valence electrons. The first-order chi connectivity index (χ1) is 6.68. The zero-order chi connectivity index (χ0) is 10.0. The number of thiazole rings is 1. The lowest BCUT2D eigenvalue weighted by Gasteiger charge is -2.27. The molecular weight excluding hydrogens is 192 g/mol. The maximum absolute atomic E-state index is 4.28. The minimum absolute atomic E-state index is 0.470. The maximum Gasteiger partial charge on any atom is 0.106 e. The Hall–Kier alpha value is -0.410. The van der Waals surface area contributed by atoms with Gasteiger partial charge in [0.2, 0.25) is 0 Å². The molecule has 0 spiro atoms. The van der Waals surface area contributed by atoms with Gasteiger partial charge in [0.25, 0.3) is 0 Å². The molecule has 0 saturated heterocycles. The Labute approximate surface area is 89.8 Å². The summed E-state index contributed by atoms with van der Waals surface area (Å²) in [5, 5.41) is 6.86. The molecule has 14 heavy (non-hydrogen) atoms. The third-order valence-corrected chi connectivity index (χ3v) is 4.02. The summed E-state index contributed by atoms with van der Waals surface area (Å²) >= 11 is 1.73. The molecular formula is C11H18N2S. The van der Waals surface area contributed by atoms with Crippen LogP contribution in [0.3, 0.4) is 0 Å². The third-order valence-electron chi connectivity index (χ3n) is 3.24. The van der Waals surface area contributed by atoms with Crippen molar-refractivity contribution in [2.24, 2.45) is 5.41 Å². The molecule has 1 fully saturated rings. The molecule has 1 atom stereocenters. The summed E-state index contributed by atoms with van der Waals surface area (Å²) in [5.41, 5.74) is 0.470. The van der Waals surface area contributed by atoms with Crippen molar-refractivity contribution in [3.63, 3.8) is 0 Å². The highest BCUT2D eigenvalue weighted by Gasteiger charge is 2.33. The van der Waals surface area contributed by atoms with Crippen molar-refractivity contribution in [3.05, 3.63) is 16.6 Å². The maximum atomic E-state index is 4.28. The zero-order valence-corrected chi connectivity index (χ0v) is 9.73. The minimum Gasteiger partial charge on any atom is -0.307 e. The number of nitrogens with one attached hydrogen (secondary N) is 1. The van der Waals surface area contributed by atoms with E-state index in [0.29, 0.717) is 11.5 Å². The van der Waals surface area contributed by atoms with Crippen LogP contribution < -0.4 is 5.32 Å². The zero-order valence-electron chi connectivity index (χ0n) is 8.92. The van der Waals surface area contributed by atoms with E-state index in [0.717, 1.165) is 6.54 Å². The molecule has 1 aliphatic rings. The van der Waals surface area contributed by atoms with E-state index in [2.05, 4.69) is 24.1 Å². The van der Waals surface area contributed by atoms with Gasteiger partial charge in [-0.2, -0.15) is 0 Å². The molecule has 1 N–H and O–H groups in total. The summed E-state index contributed by atoms with van der Waals surface area (Å²) in [4.78, 5) is 4.28. The number of nitrogens with zero attached hydrogens (tertiary/aromatic N) is 1. The van der Waals surface area contributed by atoms with Crippen molar-refractivity contribution < 1.29 is 0 Å². The van der Waals surface area contributed by atoms with Gasteiger partial charge in [0.05, 0.1) is 0 Å². The van der Waals surface area contributed by atoms with E-state index < -0.39 is 0 Å². The van der Waals surface area contributed by atoms with Crippen LogP contribution in [-0.2, 0) is 6.54 Å². The minimum atomic E-state index is 0.470. The second-order valence-corrected chi connectivity index (χ2v) is 5.72. The molecule has 1 heterocycles. The fraction of sp³-hybridized carbons (Fsp3) is 0.727. The first kappa shape index (κ1) is 10.1. The average molecular weight is 210 g/mol. The van der Waals surface area contributed by atoms with E-state index in [1.54, 1.807) is 11.3 Å². The smallest absolute Gasteiger partial charge is 0.106 e. The average Bonchev–Trinajstić information content (AvgIpc) is 2.71. The van der Waals surface area contributed by atoms with Crippen molar-refractivity contribution in [1.82, 2.24) is 10.3 Å². The summed E-state index contributed by atoms with van der Waals surface area (Å²) in [6.45, 7) is 5.66. The lowest BCUT2D eigenvalue weighted by atomic mass is 9.87. The Morgan fingerprint density at radius 3 is 3.07 bits per heavy atom. The van der Waals surface area contributed by atoms with Crippen LogP contribution in [0.2, 0.25) is 0 Å². The predicted octanol–water partition coefficient (Wildman–Crippen LogP) is 2.81. The van der Waals surface area contributed by atoms with Crippen molar-refractivity contribution in [2.75, 3.05) is 0 Å². The second-order valence-electron chi connectivity index (χ2n) is 4.74. The second kappa shape index (κ2) is 3.99. The van der Waals surface area contributed by atoms with E-state index in [1.165, 1.54) is 24.3 Å². The van der Waals surface area contributed by atoms with Crippen molar-refractivity contribution >= 4 is 11.3 Å². The highest BCUT2D eigenvalue weighted by atomic mass is 32.1. The van der Waals surface area contributed by atoms with Gasteiger partial charge in [-0.3, -0.25) is 0 Å². The summed E-state index contributed by atoms with van der Waals surface area (Å²) in [6, 6.07) is 0.673. The molecule has 1 aromatic heterocycles. The Morgan fingerprint density at radius 2 is 2.50 bits per heavy atom. The van der Waals surface area contributed by atoms with Crippen LogP contribution in [0.5, 0.6) is 0 Å². The summed E-state index contributed by atoms with van der Waals surface area (Å²) in [6.07, 6.45) is 5.91. The summed E-state index contributed by atoms with van der Waals surface area (Å²) in [5.74, 6) is 0. The number of hydrogen-bond donors (Lipinski definition) is 1. The Morgan fingerprint density at radius 1 is 1.64 bits per heavy atom. The van der Waals surface area contributed by atoms with Gasteiger partial charge in [-0.15, -0.1) is 11.3 Å². The molecule has 0 amide bonds. The van der Waals surface area contributed by atoms with Gasteiger partial charge in [-0.05, 0) is 18.3 Å². The van der Waals surface area contributed by atoms with Gasteiger partial charge >= 0.3 is 0 Å². The molecule has 0 bridgehead atoms. The Kier molecular flexibility index (Phi) is 2.88. The van der Waals surface area contributed by atoms with Crippen LogP contribution in [-0.4, -0.2) is 11.0 Å². The van der Waals surface area contributed by atoms with Crippen LogP contribution in [0.25, 0.3) is 0 Å². The number of aromatic nitrogens is 1. The number of rotatable bonds is 3. The van der Waals surface area contributed by atoms with E-state index in [-0.39, 0.29) is 0 Å². The largest absolute Gasteiger partial charge is 0.307 e. The summed E-state index contributed by atoms with van der Waals surface area (Å²) in [7, 11) is 0. The fourth-order valence-electron chi connectivity index (χ4n) is 2.26. The molecule has 0 radical (unpaired) electrons. The predicted molar refractivity (Wildman–Crippen MR) is 60.4 cm³/mol. The molecule has 2 rings (SSSR count). The summed E-state index contributed by atoms with van der Waals surface area (Å²) < 4.78 is 0. The Balaban J connectivity index is 1.86. The Bertz CT molecular complexity index is 279. The van der Waals surface area contributed by atoms with Crippen molar-refractivity contribution in [1.29, 1.82) is 0 Å². The first-order valence-corrected chi connectivity index (χ1v) is 6.18. The normalized spacial score (nSPS) is 25.4. The van der Waals surface area contributed by atoms with Crippen LogP contribution in [0.1, 0.15) is 38.1 Å². The van der Waals surface area contributed by atoms with E-state index in [4.69, 9.17) is 0 Å². The van der Waals surface area contributed by atoms with Crippen LogP contribution in [0.15, 0.2) is 11.6 Å². The van der Waals surface area contributed by atoms with Crippen LogP contribution in [0, 0.1) is 5.41 Å². The molecule has 1 saturated carbocycles. The van der Waals surface area contributed by atoms with E-state index in [1.807, 2.05) is 11.6 Å². The third kappa shape index (κ3) is 2.15. The lowest BCUT2D eigenvalue weighted by molar-refractivity contribution is 0.282. The quantitative estimate of drug-likeness (QED) is 0.830. The van der Waals surface area contributed by atoms with Gasteiger partial charge in [0.1, 0.15) is 5.01 Å². The van der Waals surface area contributed by atoms with Crippen molar-refractivity contribution in [3.8, 4) is 0 Å². The van der Waals surface area contributed by atoms with Crippen molar-refractivity contribution in [2.45, 2.75) is 45.7 Å². The van der Waals surface area contributed by atoms with E-state index in [9.17, 15) is 0 Å². The molecule has 1 aromatic rings. The standard InChI is InChI=1S/C11H18N2S/c1-11(2)5-3-4-9(11)13-8-10-12-6-7-14-10/h6-7,9,13H,3-5,8H2,1-2H3. The van der Waals surface area contributed by atoms with Gasteiger partial charge in [-0.25, -0.2) is 4.98 Å². The topological polar surface area (TPSA) is 24.9 Å². The van der Waals surface area contributed by atoms with Gasteiger partial charge in [-0.1, -0.05) is 20.3 Å². The van der Waals surface area contributed by atoms with Gasteiger partial charge in [0.15, 0.2) is 0 Å². The SMILES string of the molecule is CC1(C)CCCC1NCc1nccs1. The molecule has 2 nitrogen and oxygen atoms in total.